The number of nitrogens with one attached hydrogen (secondary N) is 2. The molecule has 1 saturated heterocycles. The van der Waals surface area contributed by atoms with E-state index >= 15 is 0 Å². The Bertz CT molecular complexity index is 686. The van der Waals surface area contributed by atoms with Gasteiger partial charge in [-0.3, -0.25) is 14.5 Å². The summed E-state index contributed by atoms with van der Waals surface area (Å²) in [5.74, 6) is -0.0439. The first-order chi connectivity index (χ1) is 11.4. The van der Waals surface area contributed by atoms with E-state index in [-0.39, 0.29) is 18.5 Å². The maximum atomic E-state index is 12.7. The van der Waals surface area contributed by atoms with Crippen molar-refractivity contribution < 1.29 is 19.1 Å². The van der Waals surface area contributed by atoms with Gasteiger partial charge >= 0.3 is 6.03 Å². The number of ether oxygens (including phenoxy) is 1. The fraction of sp³-hybridized carbons (Fsp3) is 0.471. The molecule has 0 spiro atoms. The molecule has 7 nitrogen and oxygen atoms in total. The lowest BCUT2D eigenvalue weighted by atomic mass is 9.92. The van der Waals surface area contributed by atoms with Gasteiger partial charge in [-0.2, -0.15) is 0 Å². The van der Waals surface area contributed by atoms with Gasteiger partial charge in [-0.15, -0.1) is 0 Å². The lowest BCUT2D eigenvalue weighted by molar-refractivity contribution is -0.134. The van der Waals surface area contributed by atoms with Gasteiger partial charge in [0.2, 0.25) is 5.91 Å². The average Bonchev–Trinajstić information content (AvgIpc) is 3.32. The number of amides is 4. The smallest absolute Gasteiger partial charge is 0.325 e. The van der Waals surface area contributed by atoms with Crippen LogP contribution in [0.25, 0.3) is 0 Å². The molecule has 7 heteroatoms. The second kappa shape index (κ2) is 6.14. The van der Waals surface area contributed by atoms with Crippen LogP contribution < -0.4 is 15.4 Å². The van der Waals surface area contributed by atoms with Crippen molar-refractivity contribution in [3.05, 3.63) is 29.8 Å². The quantitative estimate of drug-likeness (QED) is 0.756. The Morgan fingerprint density at radius 2 is 2.08 bits per heavy atom. The van der Waals surface area contributed by atoms with E-state index in [0.29, 0.717) is 12.2 Å². The number of carbonyl (C=O) groups excluding carboxylic acids is 3. The van der Waals surface area contributed by atoms with Crippen molar-refractivity contribution in [1.29, 1.82) is 0 Å². The fourth-order valence-electron chi connectivity index (χ4n) is 2.88. The topological polar surface area (TPSA) is 87.7 Å². The second-order valence-electron chi connectivity index (χ2n) is 6.48. The van der Waals surface area contributed by atoms with Crippen LogP contribution >= 0.6 is 0 Å². The van der Waals surface area contributed by atoms with E-state index in [1.54, 1.807) is 20.1 Å². The number of imide groups is 1. The number of urea groups is 1. The van der Waals surface area contributed by atoms with E-state index in [9.17, 15) is 14.4 Å². The van der Waals surface area contributed by atoms with Gasteiger partial charge in [0.1, 0.15) is 17.8 Å². The van der Waals surface area contributed by atoms with Crippen LogP contribution in [-0.4, -0.2) is 48.0 Å². The predicted octanol–water partition coefficient (Wildman–Crippen LogP) is 0.827. The number of hydrogen-bond acceptors (Lipinski definition) is 4. The number of hydrogen-bond donors (Lipinski definition) is 2. The van der Waals surface area contributed by atoms with Crippen molar-refractivity contribution in [2.75, 3.05) is 13.7 Å². The highest BCUT2D eigenvalue weighted by Gasteiger charge is 2.48. The van der Waals surface area contributed by atoms with Gasteiger partial charge in [0.25, 0.3) is 5.91 Å². The largest absolute Gasteiger partial charge is 0.496 e. The fourth-order valence-corrected chi connectivity index (χ4v) is 2.88. The zero-order valence-electron chi connectivity index (χ0n) is 13.8. The zero-order valence-corrected chi connectivity index (χ0v) is 13.8. The van der Waals surface area contributed by atoms with Crippen LogP contribution in [0.3, 0.4) is 0 Å². The summed E-state index contributed by atoms with van der Waals surface area (Å²) in [5, 5.41) is 5.49. The first-order valence-electron chi connectivity index (χ1n) is 7.98. The maximum Gasteiger partial charge on any atom is 0.325 e. The number of methoxy groups -OCH3 is 1. The van der Waals surface area contributed by atoms with Crippen LogP contribution in [0.4, 0.5) is 4.79 Å². The predicted molar refractivity (Wildman–Crippen MR) is 86.5 cm³/mol. The lowest BCUT2D eigenvalue weighted by Gasteiger charge is -2.22. The molecule has 24 heavy (non-hydrogen) atoms. The van der Waals surface area contributed by atoms with Crippen molar-refractivity contribution >= 4 is 17.8 Å². The summed E-state index contributed by atoms with van der Waals surface area (Å²) in [4.78, 5) is 37.7. The SMILES string of the molecule is COc1ccccc1C[C@]1(C)NC(=O)N(CC(=O)NC2CC2)C1=O. The van der Waals surface area contributed by atoms with Crippen molar-refractivity contribution in [3.8, 4) is 5.75 Å². The summed E-state index contributed by atoms with van der Waals surface area (Å²) in [6.45, 7) is 1.42. The third-order valence-corrected chi connectivity index (χ3v) is 4.33. The van der Waals surface area contributed by atoms with Crippen molar-refractivity contribution in [2.24, 2.45) is 0 Å². The van der Waals surface area contributed by atoms with E-state index in [1.807, 2.05) is 18.2 Å². The van der Waals surface area contributed by atoms with E-state index < -0.39 is 17.5 Å². The Morgan fingerprint density at radius 1 is 1.38 bits per heavy atom. The summed E-state index contributed by atoms with van der Waals surface area (Å²) in [6, 6.07) is 7.01. The molecular formula is C17H21N3O4. The summed E-state index contributed by atoms with van der Waals surface area (Å²) in [6.07, 6.45) is 2.21. The Kier molecular flexibility index (Phi) is 4.17. The summed E-state index contributed by atoms with van der Waals surface area (Å²) < 4.78 is 5.30. The Labute approximate surface area is 140 Å². The normalized spacial score (nSPS) is 23.2. The van der Waals surface area contributed by atoms with Gasteiger partial charge < -0.3 is 15.4 Å². The molecule has 1 aromatic carbocycles. The number of rotatable bonds is 6. The van der Waals surface area contributed by atoms with Crippen LogP contribution in [0.5, 0.6) is 5.75 Å². The maximum absolute atomic E-state index is 12.7. The zero-order chi connectivity index (χ0) is 17.3. The van der Waals surface area contributed by atoms with E-state index in [2.05, 4.69) is 10.6 Å². The van der Waals surface area contributed by atoms with E-state index in [4.69, 9.17) is 4.74 Å². The third kappa shape index (κ3) is 3.20. The van der Waals surface area contributed by atoms with E-state index in [1.165, 1.54) is 0 Å². The molecule has 0 aromatic heterocycles. The molecule has 1 aromatic rings. The highest BCUT2D eigenvalue weighted by molar-refractivity contribution is 6.09. The summed E-state index contributed by atoms with van der Waals surface area (Å²) in [5.41, 5.74) is -0.272. The minimum absolute atomic E-state index is 0.193. The molecular weight excluding hydrogens is 310 g/mol. The van der Waals surface area contributed by atoms with Gasteiger partial charge in [0.15, 0.2) is 0 Å². The molecule has 1 aliphatic heterocycles. The minimum Gasteiger partial charge on any atom is -0.496 e. The molecule has 2 aliphatic rings. The Morgan fingerprint density at radius 3 is 2.75 bits per heavy atom. The minimum atomic E-state index is -1.09. The Hall–Kier alpha value is -2.57. The van der Waals surface area contributed by atoms with Crippen molar-refractivity contribution in [2.45, 2.75) is 37.8 Å². The van der Waals surface area contributed by atoms with Gasteiger partial charge in [0, 0.05) is 12.5 Å². The first kappa shape index (κ1) is 16.3. The molecule has 2 fully saturated rings. The number of para-hydroxylation sites is 1. The molecule has 1 heterocycles. The van der Waals surface area contributed by atoms with Gasteiger partial charge in [-0.25, -0.2) is 4.79 Å². The summed E-state index contributed by atoms with van der Waals surface area (Å²) >= 11 is 0. The molecule has 2 N–H and O–H groups in total. The summed E-state index contributed by atoms with van der Waals surface area (Å²) in [7, 11) is 1.56. The molecule has 0 bridgehead atoms. The molecule has 0 unspecified atom stereocenters. The lowest BCUT2D eigenvalue weighted by Crippen LogP contribution is -2.47. The first-order valence-corrected chi connectivity index (χ1v) is 7.98. The monoisotopic (exact) mass is 331 g/mol. The average molecular weight is 331 g/mol. The van der Waals surface area contributed by atoms with Crippen molar-refractivity contribution in [1.82, 2.24) is 15.5 Å². The molecule has 1 atom stereocenters. The van der Waals surface area contributed by atoms with Crippen LogP contribution in [-0.2, 0) is 16.0 Å². The van der Waals surface area contributed by atoms with Crippen LogP contribution in [0.2, 0.25) is 0 Å². The highest BCUT2D eigenvalue weighted by atomic mass is 16.5. The van der Waals surface area contributed by atoms with Crippen LogP contribution in [0.1, 0.15) is 25.3 Å². The number of benzene rings is 1. The molecule has 128 valence electrons. The molecule has 4 amide bonds. The molecule has 3 rings (SSSR count). The highest BCUT2D eigenvalue weighted by Crippen LogP contribution is 2.27. The van der Waals surface area contributed by atoms with Gasteiger partial charge in [-0.1, -0.05) is 18.2 Å². The van der Waals surface area contributed by atoms with Gasteiger partial charge in [0.05, 0.1) is 7.11 Å². The molecule has 1 aliphatic carbocycles. The molecule has 1 saturated carbocycles. The second-order valence-corrected chi connectivity index (χ2v) is 6.48. The Balaban J connectivity index is 1.72. The van der Waals surface area contributed by atoms with Gasteiger partial charge in [-0.05, 0) is 31.4 Å². The standard InChI is InChI=1S/C17H21N3O4/c1-17(9-11-5-3-4-6-13(11)24-2)15(22)20(16(23)19-17)10-14(21)18-12-7-8-12/h3-6,12H,7-10H2,1-2H3,(H,18,21)(H,19,23)/t17-/m0/s1. The third-order valence-electron chi connectivity index (χ3n) is 4.33. The van der Waals surface area contributed by atoms with E-state index in [0.717, 1.165) is 23.3 Å². The molecule has 0 radical (unpaired) electrons. The van der Waals surface area contributed by atoms with Crippen LogP contribution in [0, 0.1) is 0 Å². The van der Waals surface area contributed by atoms with Crippen molar-refractivity contribution in [3.63, 3.8) is 0 Å². The number of nitrogens with zero attached hydrogens (tertiary/aromatic N) is 1. The van der Waals surface area contributed by atoms with Crippen LogP contribution in [0.15, 0.2) is 24.3 Å². The number of carbonyl (C=O) groups is 3.